The summed E-state index contributed by atoms with van der Waals surface area (Å²) in [6.45, 7) is 1.34. The van der Waals surface area contributed by atoms with Gasteiger partial charge in [-0.05, 0) is 24.8 Å². The number of nitrogens with one attached hydrogen (secondary N) is 1. The number of nitrogens with zero attached hydrogens (tertiary/aromatic N) is 1. The van der Waals surface area contributed by atoms with Gasteiger partial charge in [-0.2, -0.15) is 0 Å². The van der Waals surface area contributed by atoms with Crippen molar-refractivity contribution in [2.45, 2.75) is 36.7 Å². The van der Waals surface area contributed by atoms with Crippen LogP contribution < -0.4 is 5.32 Å². The van der Waals surface area contributed by atoms with Gasteiger partial charge in [-0.25, -0.2) is 8.42 Å². The number of rotatable bonds is 4. The van der Waals surface area contributed by atoms with Crippen molar-refractivity contribution in [1.29, 1.82) is 0 Å². The number of carbonyl (C=O) groups excluding carboxylic acids is 2. The summed E-state index contributed by atoms with van der Waals surface area (Å²) in [5, 5.41) is 2.34. The zero-order chi connectivity index (χ0) is 17.9. The summed E-state index contributed by atoms with van der Waals surface area (Å²) in [4.78, 5) is 25.5. The standard InChI is InChI=1S/C18H24N2O4S/c21-17-7-6-15(12-19-17)18(22)20-10-8-16(9-11-20)25(23,24)13-14-4-2-1-3-5-14/h1-5,15-16H,6-13H2,(H,19,21)/t15-/m0/s1. The lowest BCUT2D eigenvalue weighted by atomic mass is 9.96. The molecule has 0 aromatic heterocycles. The van der Waals surface area contributed by atoms with Gasteiger partial charge in [0.2, 0.25) is 11.8 Å². The molecule has 25 heavy (non-hydrogen) atoms. The largest absolute Gasteiger partial charge is 0.355 e. The van der Waals surface area contributed by atoms with E-state index in [4.69, 9.17) is 0 Å². The van der Waals surface area contributed by atoms with Crippen molar-refractivity contribution in [3.8, 4) is 0 Å². The minimum Gasteiger partial charge on any atom is -0.355 e. The van der Waals surface area contributed by atoms with Crippen molar-refractivity contribution in [3.05, 3.63) is 35.9 Å². The lowest BCUT2D eigenvalue weighted by Gasteiger charge is -2.35. The van der Waals surface area contributed by atoms with E-state index in [1.807, 2.05) is 30.3 Å². The van der Waals surface area contributed by atoms with Crippen LogP contribution in [0.1, 0.15) is 31.2 Å². The molecule has 0 aliphatic carbocycles. The molecule has 0 saturated carbocycles. The van der Waals surface area contributed by atoms with Crippen molar-refractivity contribution < 1.29 is 18.0 Å². The van der Waals surface area contributed by atoms with Crippen LogP contribution in [0.5, 0.6) is 0 Å². The van der Waals surface area contributed by atoms with Crippen LogP contribution in [0.2, 0.25) is 0 Å². The Bertz CT molecular complexity index is 715. The second-order valence-electron chi connectivity index (χ2n) is 6.86. The van der Waals surface area contributed by atoms with Crippen LogP contribution in [0.15, 0.2) is 30.3 Å². The molecule has 0 unspecified atom stereocenters. The van der Waals surface area contributed by atoms with Gasteiger partial charge in [0, 0.05) is 26.1 Å². The molecule has 3 rings (SSSR count). The number of hydrogen-bond donors (Lipinski definition) is 1. The smallest absolute Gasteiger partial charge is 0.227 e. The molecule has 136 valence electrons. The Morgan fingerprint density at radius 1 is 1.12 bits per heavy atom. The lowest BCUT2D eigenvalue weighted by Crippen LogP contribution is -2.48. The zero-order valence-electron chi connectivity index (χ0n) is 14.2. The van der Waals surface area contributed by atoms with Crippen LogP contribution in [0.3, 0.4) is 0 Å². The second-order valence-corrected chi connectivity index (χ2v) is 9.14. The number of carbonyl (C=O) groups is 2. The lowest BCUT2D eigenvalue weighted by molar-refractivity contribution is -0.138. The number of likely N-dealkylation sites (tertiary alicyclic amines) is 1. The first-order chi connectivity index (χ1) is 12.0. The summed E-state index contributed by atoms with van der Waals surface area (Å²) in [6.07, 6.45) is 1.94. The SMILES string of the molecule is O=C1CC[C@H](C(=O)N2CCC(S(=O)(=O)Cc3ccccc3)CC2)CN1. The molecule has 0 spiro atoms. The topological polar surface area (TPSA) is 83.6 Å². The zero-order valence-corrected chi connectivity index (χ0v) is 15.0. The Morgan fingerprint density at radius 3 is 2.40 bits per heavy atom. The predicted molar refractivity (Wildman–Crippen MR) is 94.4 cm³/mol. The maximum absolute atomic E-state index is 12.6. The predicted octanol–water partition coefficient (Wildman–Crippen LogP) is 1.12. The van der Waals surface area contributed by atoms with Crippen molar-refractivity contribution >= 4 is 21.7 Å². The second kappa shape index (κ2) is 7.56. The Labute approximate surface area is 148 Å². The van der Waals surface area contributed by atoms with E-state index in [1.54, 1.807) is 4.90 Å². The minimum absolute atomic E-state index is 0.00485. The average Bonchev–Trinajstić information content (AvgIpc) is 2.62. The maximum Gasteiger partial charge on any atom is 0.227 e. The van der Waals surface area contributed by atoms with Gasteiger partial charge in [0.1, 0.15) is 0 Å². The summed E-state index contributed by atoms with van der Waals surface area (Å²) in [5.74, 6) is -0.0787. The molecule has 1 N–H and O–H groups in total. The molecule has 7 heteroatoms. The van der Waals surface area contributed by atoms with E-state index >= 15 is 0 Å². The van der Waals surface area contributed by atoms with E-state index in [9.17, 15) is 18.0 Å². The first kappa shape index (κ1) is 17.9. The van der Waals surface area contributed by atoms with Crippen LogP contribution >= 0.6 is 0 Å². The van der Waals surface area contributed by atoms with E-state index in [2.05, 4.69) is 5.32 Å². The number of hydrogen-bond acceptors (Lipinski definition) is 4. The van der Waals surface area contributed by atoms with E-state index < -0.39 is 9.84 Å². The molecule has 2 amide bonds. The fraction of sp³-hybridized carbons (Fsp3) is 0.556. The van der Waals surface area contributed by atoms with E-state index in [0.717, 1.165) is 5.56 Å². The molecular formula is C18H24N2O4S. The molecule has 2 aliphatic heterocycles. The van der Waals surface area contributed by atoms with Crippen LogP contribution in [0, 0.1) is 5.92 Å². The fourth-order valence-electron chi connectivity index (χ4n) is 3.56. The van der Waals surface area contributed by atoms with Crippen LogP contribution in [-0.4, -0.2) is 50.0 Å². The molecule has 1 aromatic carbocycles. The maximum atomic E-state index is 12.6. The average molecular weight is 364 g/mol. The van der Waals surface area contributed by atoms with Crippen LogP contribution in [-0.2, 0) is 25.2 Å². The quantitative estimate of drug-likeness (QED) is 0.868. The third kappa shape index (κ3) is 4.39. The highest BCUT2D eigenvalue weighted by atomic mass is 32.2. The monoisotopic (exact) mass is 364 g/mol. The molecule has 0 radical (unpaired) electrons. The summed E-state index contributed by atoms with van der Waals surface area (Å²) in [6, 6.07) is 9.21. The molecule has 2 saturated heterocycles. The minimum atomic E-state index is -3.21. The highest BCUT2D eigenvalue weighted by molar-refractivity contribution is 7.91. The van der Waals surface area contributed by atoms with Gasteiger partial charge < -0.3 is 10.2 Å². The highest BCUT2D eigenvalue weighted by Crippen LogP contribution is 2.24. The number of piperidine rings is 2. The summed E-state index contributed by atoms with van der Waals surface area (Å²) in [5.41, 5.74) is 0.805. The molecule has 1 atom stereocenters. The van der Waals surface area contributed by atoms with E-state index in [0.29, 0.717) is 45.3 Å². The van der Waals surface area contributed by atoms with Crippen LogP contribution in [0.25, 0.3) is 0 Å². The van der Waals surface area contributed by atoms with Crippen molar-refractivity contribution in [2.75, 3.05) is 19.6 Å². The molecule has 1 aromatic rings. The third-order valence-electron chi connectivity index (χ3n) is 5.09. The van der Waals surface area contributed by atoms with Gasteiger partial charge in [-0.15, -0.1) is 0 Å². The first-order valence-corrected chi connectivity index (χ1v) is 10.5. The molecule has 6 nitrogen and oxygen atoms in total. The van der Waals surface area contributed by atoms with Crippen LogP contribution in [0.4, 0.5) is 0 Å². The Hall–Kier alpha value is -1.89. The molecule has 2 aliphatic rings. The van der Waals surface area contributed by atoms with Gasteiger partial charge in [-0.3, -0.25) is 9.59 Å². The number of benzene rings is 1. The number of amides is 2. The van der Waals surface area contributed by atoms with E-state index in [1.165, 1.54) is 0 Å². The molecule has 0 bridgehead atoms. The molecule has 2 fully saturated rings. The summed E-state index contributed by atoms with van der Waals surface area (Å²) < 4.78 is 25.2. The van der Waals surface area contributed by atoms with Gasteiger partial charge in [0.25, 0.3) is 0 Å². The van der Waals surface area contributed by atoms with Gasteiger partial charge in [0.05, 0.1) is 16.9 Å². The van der Waals surface area contributed by atoms with Gasteiger partial charge in [-0.1, -0.05) is 30.3 Å². The first-order valence-electron chi connectivity index (χ1n) is 8.77. The summed E-state index contributed by atoms with van der Waals surface area (Å²) >= 11 is 0. The Kier molecular flexibility index (Phi) is 5.42. The van der Waals surface area contributed by atoms with Crippen molar-refractivity contribution in [2.24, 2.45) is 5.92 Å². The Morgan fingerprint density at radius 2 is 1.80 bits per heavy atom. The van der Waals surface area contributed by atoms with E-state index in [-0.39, 0.29) is 28.7 Å². The number of sulfone groups is 1. The third-order valence-corrected chi connectivity index (χ3v) is 7.31. The van der Waals surface area contributed by atoms with Crippen molar-refractivity contribution in [3.63, 3.8) is 0 Å². The normalized spacial score (nSPS) is 22.5. The summed E-state index contributed by atoms with van der Waals surface area (Å²) in [7, 11) is -3.21. The highest BCUT2D eigenvalue weighted by Gasteiger charge is 2.34. The van der Waals surface area contributed by atoms with Gasteiger partial charge in [0.15, 0.2) is 9.84 Å². The fourth-order valence-corrected chi connectivity index (χ4v) is 5.38. The molecule has 2 heterocycles. The van der Waals surface area contributed by atoms with Gasteiger partial charge >= 0.3 is 0 Å². The van der Waals surface area contributed by atoms with Crippen molar-refractivity contribution in [1.82, 2.24) is 10.2 Å². The Balaban J connectivity index is 1.54. The molecular weight excluding hydrogens is 340 g/mol.